The van der Waals surface area contributed by atoms with E-state index >= 15 is 0 Å². The predicted octanol–water partition coefficient (Wildman–Crippen LogP) is 1.74. The Kier molecular flexibility index (Phi) is 4.71. The summed E-state index contributed by atoms with van der Waals surface area (Å²) in [5.41, 5.74) is 0.244. The Balaban J connectivity index is 1.68. The fourth-order valence-corrected chi connectivity index (χ4v) is 2.40. The number of para-hydroxylation sites is 1. The molecular formula is C17H15N3O5. The van der Waals surface area contributed by atoms with Crippen molar-refractivity contribution in [3.8, 4) is 5.75 Å². The molecule has 0 saturated heterocycles. The Morgan fingerprint density at radius 1 is 1.24 bits per heavy atom. The van der Waals surface area contributed by atoms with E-state index in [1.54, 1.807) is 30.3 Å². The Hall–Kier alpha value is -3.26. The van der Waals surface area contributed by atoms with Crippen LogP contribution < -0.4 is 10.3 Å². The van der Waals surface area contributed by atoms with E-state index in [1.807, 2.05) is 0 Å². The lowest BCUT2D eigenvalue weighted by Gasteiger charge is -2.14. The first kappa shape index (κ1) is 16.6. The fourth-order valence-electron chi connectivity index (χ4n) is 2.40. The Labute approximate surface area is 142 Å². The number of aliphatic hydroxyl groups is 1. The minimum absolute atomic E-state index is 0.00555. The lowest BCUT2D eigenvalue weighted by Crippen LogP contribution is -2.30. The van der Waals surface area contributed by atoms with Gasteiger partial charge in [-0.3, -0.25) is 19.5 Å². The standard InChI is InChI=1S/C17H15N3O5/c21-13(10-25-14-5-3-4-12(8-14)20(23)24)9-19-11-18-16-7-2-1-6-15(16)17(19)22/h1-8,11,13,21H,9-10H2. The molecule has 3 rings (SSSR count). The molecule has 128 valence electrons. The maximum absolute atomic E-state index is 12.4. The van der Waals surface area contributed by atoms with E-state index in [2.05, 4.69) is 4.98 Å². The monoisotopic (exact) mass is 341 g/mol. The highest BCUT2D eigenvalue weighted by molar-refractivity contribution is 5.76. The van der Waals surface area contributed by atoms with Crippen LogP contribution in [0.4, 0.5) is 5.69 Å². The Bertz CT molecular complexity index is 970. The lowest BCUT2D eigenvalue weighted by molar-refractivity contribution is -0.384. The molecule has 8 heteroatoms. The van der Waals surface area contributed by atoms with Crippen molar-refractivity contribution in [2.24, 2.45) is 0 Å². The molecule has 1 atom stereocenters. The molecule has 1 unspecified atom stereocenters. The minimum Gasteiger partial charge on any atom is -0.491 e. The van der Waals surface area contributed by atoms with Crippen LogP contribution in [0.1, 0.15) is 0 Å². The highest BCUT2D eigenvalue weighted by atomic mass is 16.6. The largest absolute Gasteiger partial charge is 0.491 e. The van der Waals surface area contributed by atoms with E-state index in [-0.39, 0.29) is 30.1 Å². The highest BCUT2D eigenvalue weighted by Crippen LogP contribution is 2.19. The predicted molar refractivity (Wildman–Crippen MR) is 90.6 cm³/mol. The number of benzene rings is 2. The normalized spacial score (nSPS) is 12.0. The van der Waals surface area contributed by atoms with Gasteiger partial charge >= 0.3 is 0 Å². The van der Waals surface area contributed by atoms with Crippen LogP contribution in [0.2, 0.25) is 0 Å². The van der Waals surface area contributed by atoms with Crippen molar-refractivity contribution in [2.75, 3.05) is 6.61 Å². The van der Waals surface area contributed by atoms with Gasteiger partial charge in [0, 0.05) is 6.07 Å². The van der Waals surface area contributed by atoms with Gasteiger partial charge in [-0.2, -0.15) is 0 Å². The van der Waals surface area contributed by atoms with Crippen LogP contribution in [-0.2, 0) is 6.54 Å². The highest BCUT2D eigenvalue weighted by Gasteiger charge is 2.11. The van der Waals surface area contributed by atoms with Gasteiger partial charge in [0.2, 0.25) is 0 Å². The van der Waals surface area contributed by atoms with Gasteiger partial charge in [0.1, 0.15) is 18.5 Å². The van der Waals surface area contributed by atoms with Gasteiger partial charge in [0.25, 0.3) is 11.2 Å². The molecule has 1 N–H and O–H groups in total. The average molecular weight is 341 g/mol. The van der Waals surface area contributed by atoms with Crippen LogP contribution in [0, 0.1) is 10.1 Å². The van der Waals surface area contributed by atoms with E-state index in [9.17, 15) is 20.0 Å². The van der Waals surface area contributed by atoms with Crippen molar-refractivity contribution < 1.29 is 14.8 Å². The SMILES string of the molecule is O=c1c2ccccc2ncn1CC(O)COc1cccc([N+](=O)[O-])c1. The number of rotatable bonds is 6. The first-order valence-corrected chi connectivity index (χ1v) is 7.54. The van der Waals surface area contributed by atoms with Crippen LogP contribution in [0.25, 0.3) is 10.9 Å². The zero-order valence-corrected chi connectivity index (χ0v) is 13.1. The van der Waals surface area contributed by atoms with Crippen molar-refractivity contribution in [1.29, 1.82) is 0 Å². The lowest BCUT2D eigenvalue weighted by atomic mass is 10.2. The molecule has 1 heterocycles. The molecule has 3 aromatic rings. The molecular weight excluding hydrogens is 326 g/mol. The minimum atomic E-state index is -0.972. The molecule has 0 saturated carbocycles. The fraction of sp³-hybridized carbons (Fsp3) is 0.176. The van der Waals surface area contributed by atoms with E-state index < -0.39 is 11.0 Å². The van der Waals surface area contributed by atoms with Crippen molar-refractivity contribution in [3.05, 3.63) is 75.3 Å². The van der Waals surface area contributed by atoms with Crippen molar-refractivity contribution >= 4 is 16.6 Å². The maximum Gasteiger partial charge on any atom is 0.273 e. The summed E-state index contributed by atoms with van der Waals surface area (Å²) < 4.78 is 6.68. The van der Waals surface area contributed by atoms with Gasteiger partial charge in [-0.25, -0.2) is 4.98 Å². The number of aliphatic hydroxyl groups excluding tert-OH is 1. The number of ether oxygens (including phenoxy) is 1. The van der Waals surface area contributed by atoms with E-state index in [1.165, 1.54) is 29.1 Å². The van der Waals surface area contributed by atoms with Crippen molar-refractivity contribution in [3.63, 3.8) is 0 Å². The third kappa shape index (κ3) is 3.81. The van der Waals surface area contributed by atoms with E-state index in [4.69, 9.17) is 4.74 Å². The molecule has 0 bridgehead atoms. The van der Waals surface area contributed by atoms with E-state index in [0.717, 1.165) is 0 Å². The van der Waals surface area contributed by atoms with Crippen molar-refractivity contribution in [1.82, 2.24) is 9.55 Å². The Morgan fingerprint density at radius 2 is 2.04 bits per heavy atom. The topological polar surface area (TPSA) is 107 Å². The first-order chi connectivity index (χ1) is 12.0. The molecule has 2 aromatic carbocycles. The quantitative estimate of drug-likeness (QED) is 0.540. The van der Waals surface area contributed by atoms with Crippen LogP contribution in [-0.4, -0.2) is 32.3 Å². The average Bonchev–Trinajstić information content (AvgIpc) is 2.63. The molecule has 25 heavy (non-hydrogen) atoms. The number of fused-ring (bicyclic) bond motifs is 1. The zero-order chi connectivity index (χ0) is 17.8. The first-order valence-electron chi connectivity index (χ1n) is 7.54. The van der Waals surface area contributed by atoms with Gasteiger partial charge in [-0.1, -0.05) is 18.2 Å². The van der Waals surface area contributed by atoms with Gasteiger partial charge in [0.15, 0.2) is 0 Å². The summed E-state index contributed by atoms with van der Waals surface area (Å²) in [7, 11) is 0. The molecule has 0 spiro atoms. The summed E-state index contributed by atoms with van der Waals surface area (Å²) in [6.07, 6.45) is 0.404. The maximum atomic E-state index is 12.4. The van der Waals surface area contributed by atoms with Gasteiger partial charge in [-0.15, -0.1) is 0 Å². The third-order valence-electron chi connectivity index (χ3n) is 3.61. The van der Waals surface area contributed by atoms with Crippen LogP contribution in [0.15, 0.2) is 59.7 Å². The molecule has 1 aromatic heterocycles. The molecule has 0 radical (unpaired) electrons. The number of nitro groups is 1. The number of aromatic nitrogens is 2. The second-order valence-electron chi connectivity index (χ2n) is 5.44. The summed E-state index contributed by atoms with van der Waals surface area (Å²) in [6.45, 7) is -0.105. The summed E-state index contributed by atoms with van der Waals surface area (Å²) >= 11 is 0. The number of nitrogens with zero attached hydrogens (tertiary/aromatic N) is 3. The molecule has 0 amide bonds. The van der Waals surface area contributed by atoms with Crippen LogP contribution in [0.3, 0.4) is 0 Å². The van der Waals surface area contributed by atoms with Crippen molar-refractivity contribution in [2.45, 2.75) is 12.6 Å². The second kappa shape index (κ2) is 7.10. The molecule has 0 fully saturated rings. The number of non-ortho nitro benzene ring substituents is 1. The summed E-state index contributed by atoms with van der Waals surface area (Å²) in [6, 6.07) is 12.6. The third-order valence-corrected chi connectivity index (χ3v) is 3.61. The molecule has 0 aliphatic carbocycles. The molecule has 0 aliphatic rings. The molecule has 0 aliphatic heterocycles. The molecule has 8 nitrogen and oxygen atoms in total. The summed E-state index contributed by atoms with van der Waals surface area (Å²) in [5.74, 6) is 0.275. The number of hydrogen-bond acceptors (Lipinski definition) is 6. The van der Waals surface area contributed by atoms with Gasteiger partial charge in [0.05, 0.1) is 34.8 Å². The number of hydrogen-bond donors (Lipinski definition) is 1. The summed E-state index contributed by atoms with van der Waals surface area (Å²) in [5, 5.41) is 21.3. The van der Waals surface area contributed by atoms with Gasteiger partial charge < -0.3 is 9.84 Å². The number of nitro benzene ring substituents is 1. The second-order valence-corrected chi connectivity index (χ2v) is 5.44. The smallest absolute Gasteiger partial charge is 0.273 e. The Morgan fingerprint density at radius 3 is 2.84 bits per heavy atom. The summed E-state index contributed by atoms with van der Waals surface area (Å²) in [4.78, 5) is 26.7. The van der Waals surface area contributed by atoms with E-state index in [0.29, 0.717) is 10.9 Å². The van der Waals surface area contributed by atoms with Crippen LogP contribution >= 0.6 is 0 Å². The van der Waals surface area contributed by atoms with Gasteiger partial charge in [-0.05, 0) is 18.2 Å². The zero-order valence-electron chi connectivity index (χ0n) is 13.1. The van der Waals surface area contributed by atoms with Crippen LogP contribution in [0.5, 0.6) is 5.75 Å².